The van der Waals surface area contributed by atoms with E-state index in [9.17, 15) is 9.59 Å². The molecule has 0 unspecified atom stereocenters. The molecule has 13 heavy (non-hydrogen) atoms. The number of hydrogen-bond acceptors (Lipinski definition) is 3. The molecule has 1 aliphatic heterocycles. The smallest absolute Gasteiger partial charge is 0.321 e. The van der Waals surface area contributed by atoms with Crippen LogP contribution in [0.1, 0.15) is 19.3 Å². The summed E-state index contributed by atoms with van der Waals surface area (Å²) in [6.07, 6.45) is 1.95. The Kier molecular flexibility index (Phi) is 2.07. The van der Waals surface area contributed by atoms with Crippen LogP contribution in [0.25, 0.3) is 0 Å². The van der Waals surface area contributed by atoms with Crippen molar-refractivity contribution in [3.63, 3.8) is 0 Å². The van der Waals surface area contributed by atoms with Gasteiger partial charge >= 0.3 is 5.97 Å². The highest BCUT2D eigenvalue weighted by atomic mass is 16.4. The predicted molar refractivity (Wildman–Crippen MR) is 45.3 cm³/mol. The number of fused-ring (bicyclic) bond motifs is 1. The summed E-state index contributed by atoms with van der Waals surface area (Å²) in [5, 5.41) is 11.8. The van der Waals surface area contributed by atoms with Gasteiger partial charge in [0.25, 0.3) is 0 Å². The second-order valence-electron chi connectivity index (χ2n) is 3.93. The van der Waals surface area contributed by atoms with Gasteiger partial charge in [-0.2, -0.15) is 0 Å². The molecule has 1 heterocycles. The summed E-state index contributed by atoms with van der Waals surface area (Å²) in [6, 6.07) is -0.491. The molecule has 2 aliphatic rings. The van der Waals surface area contributed by atoms with Gasteiger partial charge in [0.15, 0.2) is 0 Å². The number of ketones is 1. The summed E-state index contributed by atoms with van der Waals surface area (Å²) in [6.45, 7) is 0.759. The summed E-state index contributed by atoms with van der Waals surface area (Å²) >= 11 is 0. The lowest BCUT2D eigenvalue weighted by molar-refractivity contribution is -0.140. The second kappa shape index (κ2) is 3.10. The Bertz CT molecular complexity index is 251. The first-order valence-electron chi connectivity index (χ1n) is 4.66. The highest BCUT2D eigenvalue weighted by molar-refractivity contribution is 5.82. The minimum Gasteiger partial charge on any atom is -0.480 e. The van der Waals surface area contributed by atoms with Crippen molar-refractivity contribution in [1.82, 2.24) is 5.32 Å². The lowest BCUT2D eigenvalue weighted by Gasteiger charge is -2.25. The van der Waals surface area contributed by atoms with Crippen LogP contribution in [0.5, 0.6) is 0 Å². The van der Waals surface area contributed by atoms with Gasteiger partial charge in [-0.15, -0.1) is 0 Å². The zero-order valence-electron chi connectivity index (χ0n) is 7.32. The third-order valence-electron chi connectivity index (χ3n) is 3.16. The first-order chi connectivity index (χ1) is 6.18. The number of carboxylic acid groups (broad SMARTS) is 1. The van der Waals surface area contributed by atoms with Gasteiger partial charge < -0.3 is 10.4 Å². The zero-order valence-corrected chi connectivity index (χ0v) is 7.32. The number of carbonyl (C=O) groups is 2. The van der Waals surface area contributed by atoms with Crippen molar-refractivity contribution in [2.24, 2.45) is 11.8 Å². The van der Waals surface area contributed by atoms with E-state index in [2.05, 4.69) is 5.32 Å². The molecular weight excluding hydrogens is 170 g/mol. The van der Waals surface area contributed by atoms with Crippen LogP contribution in [0.3, 0.4) is 0 Å². The SMILES string of the molecule is O=C1CC[C@@H]2CN[C@H](C(=O)O)[C@H]2C1. The number of nitrogens with one attached hydrogen (secondary N) is 1. The number of aliphatic carboxylic acids is 1. The first-order valence-corrected chi connectivity index (χ1v) is 4.66. The minimum absolute atomic E-state index is 0.0405. The number of carbonyl (C=O) groups excluding carboxylic acids is 1. The quantitative estimate of drug-likeness (QED) is 0.601. The van der Waals surface area contributed by atoms with Crippen LogP contribution in [-0.4, -0.2) is 29.4 Å². The molecule has 3 atom stereocenters. The zero-order chi connectivity index (χ0) is 9.42. The van der Waals surface area contributed by atoms with Crippen LogP contribution in [0.4, 0.5) is 0 Å². The Morgan fingerprint density at radius 1 is 1.54 bits per heavy atom. The van der Waals surface area contributed by atoms with Crippen molar-refractivity contribution in [1.29, 1.82) is 0 Å². The van der Waals surface area contributed by atoms with E-state index < -0.39 is 12.0 Å². The van der Waals surface area contributed by atoms with Crippen LogP contribution >= 0.6 is 0 Å². The van der Waals surface area contributed by atoms with Gasteiger partial charge in [-0.05, 0) is 24.8 Å². The summed E-state index contributed by atoms with van der Waals surface area (Å²) < 4.78 is 0. The molecule has 2 N–H and O–H groups in total. The molecule has 2 fully saturated rings. The van der Waals surface area contributed by atoms with Crippen LogP contribution in [0, 0.1) is 11.8 Å². The highest BCUT2D eigenvalue weighted by Crippen LogP contribution is 2.34. The summed E-state index contributed by atoms with van der Waals surface area (Å²) in [5.41, 5.74) is 0. The minimum atomic E-state index is -0.817. The topological polar surface area (TPSA) is 66.4 Å². The molecule has 0 aromatic rings. The average molecular weight is 183 g/mol. The standard InChI is InChI=1S/C9H13NO3/c11-6-2-1-5-4-10-8(9(12)13)7(5)3-6/h5,7-8,10H,1-4H2,(H,12,13)/t5-,7+,8+/m1/s1. The van der Waals surface area contributed by atoms with E-state index in [1.807, 2.05) is 0 Å². The number of rotatable bonds is 1. The monoisotopic (exact) mass is 183 g/mol. The summed E-state index contributed by atoms with van der Waals surface area (Å²) in [7, 11) is 0. The molecule has 1 saturated heterocycles. The Balaban J connectivity index is 2.11. The number of Topliss-reactive ketones (excluding diaryl/α,β-unsaturated/α-hetero) is 1. The molecule has 1 aliphatic carbocycles. The van der Waals surface area contributed by atoms with Crippen molar-refractivity contribution in [3.05, 3.63) is 0 Å². The summed E-state index contributed by atoms with van der Waals surface area (Å²) in [4.78, 5) is 21.9. The van der Waals surface area contributed by atoms with E-state index in [0.29, 0.717) is 18.8 Å². The molecule has 1 saturated carbocycles. The van der Waals surface area contributed by atoms with Gasteiger partial charge in [0.2, 0.25) is 0 Å². The molecule has 0 spiro atoms. The molecule has 4 nitrogen and oxygen atoms in total. The Morgan fingerprint density at radius 3 is 3.00 bits per heavy atom. The van der Waals surface area contributed by atoms with E-state index in [0.717, 1.165) is 13.0 Å². The highest BCUT2D eigenvalue weighted by Gasteiger charge is 2.43. The third kappa shape index (κ3) is 1.46. The third-order valence-corrected chi connectivity index (χ3v) is 3.16. The molecule has 0 aromatic heterocycles. The van der Waals surface area contributed by atoms with Gasteiger partial charge in [-0.1, -0.05) is 0 Å². The molecule has 72 valence electrons. The van der Waals surface area contributed by atoms with Crippen LogP contribution < -0.4 is 5.32 Å². The average Bonchev–Trinajstić information content (AvgIpc) is 2.46. The largest absolute Gasteiger partial charge is 0.480 e. The molecule has 0 radical (unpaired) electrons. The van der Waals surface area contributed by atoms with Gasteiger partial charge in [-0.3, -0.25) is 9.59 Å². The molecule has 0 aromatic carbocycles. The maximum Gasteiger partial charge on any atom is 0.321 e. The van der Waals surface area contributed by atoms with Gasteiger partial charge in [0.1, 0.15) is 11.8 Å². The van der Waals surface area contributed by atoms with Gasteiger partial charge in [0, 0.05) is 12.8 Å². The number of carboxylic acids is 1. The maximum atomic E-state index is 11.2. The van der Waals surface area contributed by atoms with Crippen LogP contribution in [0.15, 0.2) is 0 Å². The Labute approximate surface area is 76.3 Å². The van der Waals surface area contributed by atoms with E-state index in [-0.39, 0.29) is 11.7 Å². The number of hydrogen-bond donors (Lipinski definition) is 2. The van der Waals surface area contributed by atoms with Crippen molar-refractivity contribution >= 4 is 11.8 Å². The van der Waals surface area contributed by atoms with E-state index in [1.165, 1.54) is 0 Å². The van der Waals surface area contributed by atoms with Crippen molar-refractivity contribution in [3.8, 4) is 0 Å². The lowest BCUT2D eigenvalue weighted by Crippen LogP contribution is -2.37. The molecular formula is C9H13NO3. The van der Waals surface area contributed by atoms with Crippen molar-refractivity contribution in [2.75, 3.05) is 6.54 Å². The van der Waals surface area contributed by atoms with Crippen LogP contribution in [0.2, 0.25) is 0 Å². The summed E-state index contributed by atoms with van der Waals surface area (Å²) in [5.74, 6) is -0.157. The first kappa shape index (κ1) is 8.69. The fraction of sp³-hybridized carbons (Fsp3) is 0.778. The van der Waals surface area contributed by atoms with E-state index in [1.54, 1.807) is 0 Å². The normalized spacial score (nSPS) is 38.8. The molecule has 2 rings (SSSR count). The van der Waals surface area contributed by atoms with Gasteiger partial charge in [-0.25, -0.2) is 0 Å². The fourth-order valence-electron chi connectivity index (χ4n) is 2.44. The van der Waals surface area contributed by atoms with Crippen molar-refractivity contribution in [2.45, 2.75) is 25.3 Å². The Morgan fingerprint density at radius 2 is 2.31 bits per heavy atom. The lowest BCUT2D eigenvalue weighted by atomic mass is 9.78. The maximum absolute atomic E-state index is 11.2. The molecule has 0 bridgehead atoms. The molecule has 0 amide bonds. The van der Waals surface area contributed by atoms with Gasteiger partial charge in [0.05, 0.1) is 0 Å². The Hall–Kier alpha value is -0.900. The van der Waals surface area contributed by atoms with Crippen molar-refractivity contribution < 1.29 is 14.7 Å². The predicted octanol–water partition coefficient (Wildman–Crippen LogP) is 0.0282. The van der Waals surface area contributed by atoms with E-state index >= 15 is 0 Å². The molecule has 4 heteroatoms. The van der Waals surface area contributed by atoms with Crippen LogP contribution in [-0.2, 0) is 9.59 Å². The van der Waals surface area contributed by atoms with E-state index in [4.69, 9.17) is 5.11 Å². The second-order valence-corrected chi connectivity index (χ2v) is 3.93. The fourth-order valence-corrected chi connectivity index (χ4v) is 2.44.